The maximum absolute atomic E-state index is 10.9. The second kappa shape index (κ2) is 4.65. The monoisotopic (exact) mass is 269 g/mol. The van der Waals surface area contributed by atoms with Crippen molar-refractivity contribution in [2.75, 3.05) is 7.11 Å². The summed E-state index contributed by atoms with van der Waals surface area (Å²) in [6, 6.07) is 9.05. The summed E-state index contributed by atoms with van der Waals surface area (Å²) in [5.41, 5.74) is 1.42. The minimum Gasteiger partial charge on any atom is -0.481 e. The van der Waals surface area contributed by atoms with Gasteiger partial charge in [0.25, 0.3) is 0 Å². The van der Waals surface area contributed by atoms with Crippen molar-refractivity contribution >= 4 is 16.7 Å². The van der Waals surface area contributed by atoms with E-state index < -0.39 is 5.97 Å². The minimum absolute atomic E-state index is 0.0539. The first-order chi connectivity index (χ1) is 9.69. The molecule has 0 spiro atoms. The van der Waals surface area contributed by atoms with E-state index in [0.29, 0.717) is 11.6 Å². The number of nitrogens with one attached hydrogen (secondary N) is 1. The van der Waals surface area contributed by atoms with E-state index >= 15 is 0 Å². The molecule has 0 aliphatic rings. The number of aromatic carboxylic acids is 1. The van der Waals surface area contributed by atoms with Crippen LogP contribution in [0.4, 0.5) is 0 Å². The van der Waals surface area contributed by atoms with Gasteiger partial charge in [-0.1, -0.05) is 12.1 Å². The van der Waals surface area contributed by atoms with Gasteiger partial charge >= 0.3 is 5.97 Å². The molecule has 0 amide bonds. The summed E-state index contributed by atoms with van der Waals surface area (Å²) < 4.78 is 5.23. The van der Waals surface area contributed by atoms with Gasteiger partial charge in [0.15, 0.2) is 0 Å². The fourth-order valence-corrected chi connectivity index (χ4v) is 2.04. The van der Waals surface area contributed by atoms with E-state index in [1.165, 1.54) is 6.07 Å². The van der Waals surface area contributed by atoms with Crippen molar-refractivity contribution < 1.29 is 14.6 Å². The third-order valence-electron chi connectivity index (χ3n) is 3.03. The zero-order chi connectivity index (χ0) is 14.1. The Kier molecular flexibility index (Phi) is 2.83. The first-order valence-electron chi connectivity index (χ1n) is 5.91. The van der Waals surface area contributed by atoms with E-state index in [2.05, 4.69) is 15.2 Å². The van der Waals surface area contributed by atoms with Gasteiger partial charge in [0, 0.05) is 17.1 Å². The summed E-state index contributed by atoms with van der Waals surface area (Å²) in [5, 5.41) is 17.2. The number of carboxylic acids is 1. The zero-order valence-corrected chi connectivity index (χ0v) is 10.6. The van der Waals surface area contributed by atoms with Crippen molar-refractivity contribution in [2.24, 2.45) is 0 Å². The van der Waals surface area contributed by atoms with E-state index in [4.69, 9.17) is 9.84 Å². The summed E-state index contributed by atoms with van der Waals surface area (Å²) >= 11 is 0. The molecule has 6 heteroatoms. The topological polar surface area (TPSA) is 88.1 Å². The Morgan fingerprint density at radius 1 is 1.30 bits per heavy atom. The Hall–Kier alpha value is -2.89. The number of aromatic nitrogens is 3. The van der Waals surface area contributed by atoms with Crippen molar-refractivity contribution in [3.63, 3.8) is 0 Å². The predicted octanol–water partition coefficient (Wildman–Crippen LogP) is 2.33. The molecule has 0 unspecified atom stereocenters. The Labute approximate surface area is 114 Å². The van der Waals surface area contributed by atoms with E-state index in [1.807, 2.05) is 24.3 Å². The quantitative estimate of drug-likeness (QED) is 0.761. The number of rotatable bonds is 3. The molecule has 6 nitrogen and oxygen atoms in total. The number of pyridine rings is 1. The third kappa shape index (κ3) is 1.97. The number of fused-ring (bicyclic) bond motifs is 1. The van der Waals surface area contributed by atoms with Crippen LogP contribution in [-0.2, 0) is 0 Å². The number of methoxy groups -OCH3 is 1. The molecule has 0 fully saturated rings. The third-order valence-corrected chi connectivity index (χ3v) is 3.03. The SMILES string of the molecule is COc1nccc2ccc(-c3cc(C(=O)O)[nH]n3)cc12. The maximum Gasteiger partial charge on any atom is 0.353 e. The zero-order valence-electron chi connectivity index (χ0n) is 10.6. The maximum atomic E-state index is 10.9. The van der Waals surface area contributed by atoms with Crippen molar-refractivity contribution in [3.8, 4) is 17.1 Å². The summed E-state index contributed by atoms with van der Waals surface area (Å²) in [4.78, 5) is 15.0. The van der Waals surface area contributed by atoms with E-state index in [0.717, 1.165) is 16.3 Å². The lowest BCUT2D eigenvalue weighted by molar-refractivity contribution is 0.0690. The Morgan fingerprint density at radius 3 is 2.85 bits per heavy atom. The Balaban J connectivity index is 2.14. The van der Waals surface area contributed by atoms with Gasteiger partial charge in [-0.05, 0) is 23.6 Å². The van der Waals surface area contributed by atoms with Gasteiger partial charge in [-0.15, -0.1) is 0 Å². The van der Waals surface area contributed by atoms with E-state index in [9.17, 15) is 4.79 Å². The lowest BCUT2D eigenvalue weighted by atomic mass is 10.1. The van der Waals surface area contributed by atoms with Crippen molar-refractivity contribution in [1.29, 1.82) is 0 Å². The molecule has 0 saturated heterocycles. The average Bonchev–Trinajstić information content (AvgIpc) is 2.96. The van der Waals surface area contributed by atoms with Gasteiger partial charge in [0.1, 0.15) is 5.69 Å². The highest BCUT2D eigenvalue weighted by molar-refractivity contribution is 5.91. The fraction of sp³-hybridized carbons (Fsp3) is 0.0714. The first kappa shape index (κ1) is 12.2. The summed E-state index contributed by atoms with van der Waals surface area (Å²) in [5.74, 6) is -0.512. The van der Waals surface area contributed by atoms with Crippen molar-refractivity contribution in [2.45, 2.75) is 0 Å². The molecule has 0 atom stereocenters. The molecule has 3 rings (SSSR count). The number of ether oxygens (including phenoxy) is 1. The molecule has 0 aliphatic heterocycles. The predicted molar refractivity (Wildman–Crippen MR) is 72.8 cm³/mol. The normalized spacial score (nSPS) is 10.7. The van der Waals surface area contributed by atoms with Crippen LogP contribution >= 0.6 is 0 Å². The number of H-pyrrole nitrogens is 1. The minimum atomic E-state index is -1.04. The van der Waals surface area contributed by atoms with Gasteiger partial charge in [-0.25, -0.2) is 9.78 Å². The largest absolute Gasteiger partial charge is 0.481 e. The average molecular weight is 269 g/mol. The second-order valence-electron chi connectivity index (χ2n) is 4.23. The second-order valence-corrected chi connectivity index (χ2v) is 4.23. The Bertz CT molecular complexity index is 795. The molecule has 2 N–H and O–H groups in total. The number of aromatic amines is 1. The van der Waals surface area contributed by atoms with Crippen LogP contribution in [0.2, 0.25) is 0 Å². The molecule has 0 radical (unpaired) electrons. The van der Waals surface area contributed by atoms with Gasteiger partial charge < -0.3 is 9.84 Å². The molecule has 2 aromatic heterocycles. The van der Waals surface area contributed by atoms with Crippen LogP contribution in [0, 0.1) is 0 Å². The summed E-state index contributed by atoms with van der Waals surface area (Å²) in [6.45, 7) is 0. The fourth-order valence-electron chi connectivity index (χ4n) is 2.04. The number of hydrogen-bond donors (Lipinski definition) is 2. The molecule has 2 heterocycles. The van der Waals surface area contributed by atoms with Gasteiger partial charge in [-0.2, -0.15) is 5.10 Å². The molecular weight excluding hydrogens is 258 g/mol. The van der Waals surface area contributed by atoms with Crippen LogP contribution in [0.5, 0.6) is 5.88 Å². The highest BCUT2D eigenvalue weighted by Gasteiger charge is 2.11. The van der Waals surface area contributed by atoms with Crippen LogP contribution in [-0.4, -0.2) is 33.4 Å². The van der Waals surface area contributed by atoms with Crippen LogP contribution in [0.25, 0.3) is 22.0 Å². The lowest BCUT2D eigenvalue weighted by Gasteiger charge is -2.05. The first-order valence-corrected chi connectivity index (χ1v) is 5.91. The van der Waals surface area contributed by atoms with Gasteiger partial charge in [-0.3, -0.25) is 5.10 Å². The number of carbonyl (C=O) groups is 1. The van der Waals surface area contributed by atoms with Crippen molar-refractivity contribution in [3.05, 3.63) is 42.2 Å². The van der Waals surface area contributed by atoms with E-state index in [1.54, 1.807) is 13.3 Å². The molecule has 3 aromatic rings. The standard InChI is InChI=1S/C14H11N3O3/c1-20-13-10-6-9(3-2-8(10)4-5-15-13)11-7-12(14(18)19)17-16-11/h2-7H,1H3,(H,16,17)(H,18,19). The van der Waals surface area contributed by atoms with Crippen LogP contribution in [0.1, 0.15) is 10.5 Å². The van der Waals surface area contributed by atoms with Gasteiger partial charge in [0.2, 0.25) is 5.88 Å². The summed E-state index contributed by atoms with van der Waals surface area (Å²) in [7, 11) is 1.56. The molecule has 20 heavy (non-hydrogen) atoms. The molecular formula is C14H11N3O3. The summed E-state index contributed by atoms with van der Waals surface area (Å²) in [6.07, 6.45) is 1.68. The van der Waals surface area contributed by atoms with Crippen molar-refractivity contribution in [1.82, 2.24) is 15.2 Å². The number of nitrogens with zero attached hydrogens (tertiary/aromatic N) is 2. The Morgan fingerprint density at radius 2 is 2.15 bits per heavy atom. The lowest BCUT2D eigenvalue weighted by Crippen LogP contribution is -1.95. The van der Waals surface area contributed by atoms with Crippen LogP contribution in [0.3, 0.4) is 0 Å². The number of carboxylic acid groups (broad SMARTS) is 1. The smallest absolute Gasteiger partial charge is 0.353 e. The van der Waals surface area contributed by atoms with Gasteiger partial charge in [0.05, 0.1) is 12.8 Å². The van der Waals surface area contributed by atoms with Crippen LogP contribution in [0.15, 0.2) is 36.5 Å². The van der Waals surface area contributed by atoms with Crippen LogP contribution < -0.4 is 4.74 Å². The highest BCUT2D eigenvalue weighted by atomic mass is 16.5. The molecule has 0 bridgehead atoms. The number of hydrogen-bond acceptors (Lipinski definition) is 4. The highest BCUT2D eigenvalue weighted by Crippen LogP contribution is 2.28. The number of benzene rings is 1. The molecule has 100 valence electrons. The molecule has 0 aliphatic carbocycles. The molecule has 0 saturated carbocycles. The molecule has 1 aromatic carbocycles. The van der Waals surface area contributed by atoms with E-state index in [-0.39, 0.29) is 5.69 Å².